The summed E-state index contributed by atoms with van der Waals surface area (Å²) in [4.78, 5) is 45.3. The van der Waals surface area contributed by atoms with Crippen LogP contribution in [0, 0.1) is 17.8 Å². The maximum absolute atomic E-state index is 14.8. The van der Waals surface area contributed by atoms with Gasteiger partial charge in [0.25, 0.3) is 5.91 Å². The second-order valence-electron chi connectivity index (χ2n) is 15.0. The van der Waals surface area contributed by atoms with Crippen molar-refractivity contribution in [3.8, 4) is 0 Å². The molecule has 1 saturated heterocycles. The molecule has 0 bridgehead atoms. The summed E-state index contributed by atoms with van der Waals surface area (Å²) in [5, 5.41) is 14.8. The molecule has 11 nitrogen and oxygen atoms in total. The van der Waals surface area contributed by atoms with Crippen molar-refractivity contribution < 1.29 is 38.4 Å². The Morgan fingerprint density at radius 3 is 2.34 bits per heavy atom. The third-order valence-corrected chi connectivity index (χ3v) is 11.6. The number of aliphatic hydroxyl groups excluding tert-OH is 1. The first-order chi connectivity index (χ1) is 24.2. The molecule has 1 aliphatic heterocycles. The molecule has 7 rings (SSSR count). The summed E-state index contributed by atoms with van der Waals surface area (Å²) in [5.41, 5.74) is 0.405. The summed E-state index contributed by atoms with van der Waals surface area (Å²) >= 11 is 0. The van der Waals surface area contributed by atoms with Crippen molar-refractivity contribution in [3.05, 3.63) is 65.7 Å². The van der Waals surface area contributed by atoms with E-state index >= 15 is 0 Å². The van der Waals surface area contributed by atoms with Gasteiger partial charge in [0.1, 0.15) is 12.6 Å². The Balaban J connectivity index is 1.09. The largest absolute Gasteiger partial charge is 0.459 e. The molecule has 4 aliphatic carbocycles. The molecule has 0 spiro atoms. The van der Waals surface area contributed by atoms with Crippen LogP contribution in [0.25, 0.3) is 0 Å². The molecular weight excluding hydrogens is 638 g/mol. The van der Waals surface area contributed by atoms with Gasteiger partial charge < -0.3 is 39.2 Å². The Morgan fingerprint density at radius 2 is 1.70 bits per heavy atom. The van der Waals surface area contributed by atoms with E-state index in [0.717, 1.165) is 55.6 Å². The van der Waals surface area contributed by atoms with Gasteiger partial charge in [-0.2, -0.15) is 0 Å². The molecule has 7 atom stereocenters. The first kappa shape index (κ1) is 34.9. The van der Waals surface area contributed by atoms with E-state index in [-0.39, 0.29) is 24.3 Å². The number of hydrogen-bond donors (Lipinski definition) is 2. The molecule has 0 radical (unpaired) electrons. The summed E-state index contributed by atoms with van der Waals surface area (Å²) in [6, 6.07) is 17.0. The van der Waals surface area contributed by atoms with Crippen LogP contribution in [0.15, 0.2) is 54.6 Å². The molecule has 4 unspecified atom stereocenters. The number of aliphatic hydroxyl groups is 1. The number of nitrogens with one attached hydrogen (secondary N) is 1. The highest BCUT2D eigenvalue weighted by Gasteiger charge is 2.73. The van der Waals surface area contributed by atoms with E-state index in [4.69, 9.17) is 18.9 Å². The molecule has 270 valence electrons. The van der Waals surface area contributed by atoms with Crippen LogP contribution >= 0.6 is 0 Å². The van der Waals surface area contributed by atoms with E-state index in [1.807, 2.05) is 42.5 Å². The van der Waals surface area contributed by atoms with Crippen LogP contribution in [0.5, 0.6) is 0 Å². The number of hydrogen-bond acceptors (Lipinski definition) is 10. The number of carbonyl (C=O) groups excluding carboxylic acids is 3. The molecule has 2 aromatic rings. The summed E-state index contributed by atoms with van der Waals surface area (Å²) in [6.45, 7) is 4.65. The van der Waals surface area contributed by atoms with Gasteiger partial charge in [-0.05, 0) is 80.7 Å². The summed E-state index contributed by atoms with van der Waals surface area (Å²) in [7, 11) is 3.44. The normalized spacial score (nSPS) is 29.0. The zero-order valence-corrected chi connectivity index (χ0v) is 29.4. The monoisotopic (exact) mass is 689 g/mol. The molecule has 1 heterocycles. The number of esters is 2. The molecule has 11 heteroatoms. The van der Waals surface area contributed by atoms with Crippen molar-refractivity contribution in [1.29, 1.82) is 0 Å². The molecule has 5 aliphatic rings. The number of morpholine rings is 1. The van der Waals surface area contributed by atoms with Crippen molar-refractivity contribution in [3.63, 3.8) is 0 Å². The fourth-order valence-corrected chi connectivity index (χ4v) is 7.92. The molecule has 2 N–H and O–H groups in total. The number of carbonyl (C=O) groups is 3. The number of likely N-dealkylation sites (N-methyl/N-ethyl adjacent to an activating group) is 2. The fourth-order valence-electron chi connectivity index (χ4n) is 7.92. The smallest absolute Gasteiger partial charge is 0.335 e. The van der Waals surface area contributed by atoms with E-state index in [9.17, 15) is 19.5 Å². The minimum atomic E-state index is -1.43. The highest BCUT2D eigenvalue weighted by molar-refractivity contribution is 5.94. The Hall–Kier alpha value is -3.51. The van der Waals surface area contributed by atoms with E-state index in [1.54, 1.807) is 25.9 Å². The molecule has 50 heavy (non-hydrogen) atoms. The topological polar surface area (TPSA) is 127 Å². The molecule has 2 aromatic carbocycles. The molecule has 5 fully saturated rings. The SMILES string of the molecule is CN[C@@H](CC1CC1)C(=O)OC1(C(=O)N(C)C2(C(O)O[C@H](C)C(=O)OCc3ccccc3)CC2C2CC2)C[C@@H]1c1ccc(N2CCOCC2)cc1. The van der Waals surface area contributed by atoms with E-state index < -0.39 is 41.5 Å². The minimum absolute atomic E-state index is 0.0108. The molecule has 1 amide bonds. The van der Waals surface area contributed by atoms with Gasteiger partial charge in [-0.1, -0.05) is 55.3 Å². The van der Waals surface area contributed by atoms with Gasteiger partial charge in [0, 0.05) is 38.2 Å². The number of benzene rings is 2. The quantitative estimate of drug-likeness (QED) is 0.199. The number of nitrogens with zero attached hydrogens (tertiary/aromatic N) is 2. The Bertz CT molecular complexity index is 1530. The Kier molecular flexibility index (Phi) is 9.95. The molecular formula is C39H51N3O8. The Morgan fingerprint density at radius 1 is 1.00 bits per heavy atom. The van der Waals surface area contributed by atoms with Crippen LogP contribution in [0.3, 0.4) is 0 Å². The van der Waals surface area contributed by atoms with Crippen LogP contribution in [0.1, 0.15) is 68.9 Å². The number of ether oxygens (including phenoxy) is 4. The van der Waals surface area contributed by atoms with Gasteiger partial charge in [-0.3, -0.25) is 9.59 Å². The van der Waals surface area contributed by atoms with Crippen LogP contribution in [-0.4, -0.2) is 97.8 Å². The maximum atomic E-state index is 14.8. The third kappa shape index (κ3) is 7.15. The van der Waals surface area contributed by atoms with Crippen molar-refractivity contribution >= 4 is 23.5 Å². The summed E-state index contributed by atoms with van der Waals surface area (Å²) in [5.74, 6) is -0.849. The van der Waals surface area contributed by atoms with Crippen molar-refractivity contribution in [2.45, 2.75) is 94.0 Å². The third-order valence-electron chi connectivity index (χ3n) is 11.6. The summed E-state index contributed by atoms with van der Waals surface area (Å²) < 4.78 is 23.3. The molecule has 0 aromatic heterocycles. The fraction of sp³-hybridized carbons (Fsp3) is 0.615. The number of amides is 1. The average molecular weight is 690 g/mol. The lowest BCUT2D eigenvalue weighted by atomic mass is 10.0. The lowest BCUT2D eigenvalue weighted by Crippen LogP contribution is -2.56. The van der Waals surface area contributed by atoms with Crippen molar-refractivity contribution in [1.82, 2.24) is 10.2 Å². The predicted molar refractivity (Wildman–Crippen MR) is 185 cm³/mol. The van der Waals surface area contributed by atoms with Crippen LogP contribution in [-0.2, 0) is 39.9 Å². The van der Waals surface area contributed by atoms with Crippen LogP contribution in [0.4, 0.5) is 5.69 Å². The minimum Gasteiger partial charge on any atom is -0.459 e. The number of rotatable bonds is 16. The number of anilines is 1. The summed E-state index contributed by atoms with van der Waals surface area (Å²) in [6.07, 6.45) is 3.29. The first-order valence-corrected chi connectivity index (χ1v) is 18.3. The lowest BCUT2D eigenvalue weighted by Gasteiger charge is -2.37. The van der Waals surface area contributed by atoms with Crippen molar-refractivity contribution in [2.24, 2.45) is 17.8 Å². The predicted octanol–water partition coefficient (Wildman–Crippen LogP) is 3.77. The van der Waals surface area contributed by atoms with Gasteiger partial charge in [0.15, 0.2) is 18.0 Å². The van der Waals surface area contributed by atoms with Crippen molar-refractivity contribution in [2.75, 3.05) is 45.3 Å². The van der Waals surface area contributed by atoms with Gasteiger partial charge in [-0.15, -0.1) is 0 Å². The molecule has 4 saturated carbocycles. The lowest BCUT2D eigenvalue weighted by molar-refractivity contribution is -0.203. The highest BCUT2D eigenvalue weighted by Crippen LogP contribution is 2.64. The maximum Gasteiger partial charge on any atom is 0.335 e. The zero-order valence-electron chi connectivity index (χ0n) is 29.4. The van der Waals surface area contributed by atoms with Gasteiger partial charge in [0.2, 0.25) is 0 Å². The van der Waals surface area contributed by atoms with E-state index in [0.29, 0.717) is 44.3 Å². The average Bonchev–Trinajstić information content (AvgIpc) is 3.95. The van der Waals surface area contributed by atoms with Gasteiger partial charge in [0.05, 0.1) is 18.8 Å². The highest BCUT2D eigenvalue weighted by atomic mass is 16.6. The van der Waals surface area contributed by atoms with Gasteiger partial charge in [-0.25, -0.2) is 4.79 Å². The zero-order chi connectivity index (χ0) is 35.0. The standard InChI is InChI=1S/C39H51N3O8/c1-25(34(43)48-24-27-7-5-4-6-8-27)49-37(46)38(22-31(38)28-11-12-28)41(3)36(45)39(50-35(44)33(40-2)21-26-9-10-26)23-32(39)29-13-15-30(16-14-29)42-17-19-47-20-18-42/h4-8,13-16,25-26,28,31-33,37,40,46H,9-12,17-24H2,1-3H3/t25-,31?,32-,33+,37?,38?,39?/m1/s1. The van der Waals surface area contributed by atoms with Crippen LogP contribution in [0.2, 0.25) is 0 Å². The van der Waals surface area contributed by atoms with Crippen LogP contribution < -0.4 is 10.2 Å². The van der Waals surface area contributed by atoms with E-state index in [2.05, 4.69) is 22.3 Å². The van der Waals surface area contributed by atoms with Gasteiger partial charge >= 0.3 is 11.9 Å². The second-order valence-corrected chi connectivity index (χ2v) is 15.0. The second kappa shape index (κ2) is 14.3. The Labute approximate surface area is 294 Å². The van der Waals surface area contributed by atoms with E-state index in [1.165, 1.54) is 0 Å². The first-order valence-electron chi connectivity index (χ1n) is 18.3.